The highest BCUT2D eigenvalue weighted by molar-refractivity contribution is 6.31. The Labute approximate surface area is 162 Å². The van der Waals surface area contributed by atoms with Crippen LogP contribution in [0.1, 0.15) is 35.0 Å². The van der Waals surface area contributed by atoms with Crippen LogP contribution < -0.4 is 4.74 Å². The first-order chi connectivity index (χ1) is 13.2. The van der Waals surface area contributed by atoms with Crippen LogP contribution in [0.25, 0.3) is 11.3 Å². The van der Waals surface area contributed by atoms with Gasteiger partial charge in [-0.05, 0) is 48.7 Å². The zero-order valence-electron chi connectivity index (χ0n) is 14.9. The molecule has 0 bridgehead atoms. The zero-order chi connectivity index (χ0) is 18.8. The minimum absolute atomic E-state index is 0.0410. The number of hydrogen-bond acceptors (Lipinski definition) is 4. The SMILES string of the molecule is COc1ccc(-c2cc(C(=O)N3CCC[C@@H]3c3ccccc3Cl)on2)cc1. The fraction of sp³-hybridized carbons (Fsp3) is 0.238. The standard InChI is InChI=1S/C21H19ClN2O3/c1-26-15-10-8-14(9-11-15)18-13-20(27-23-18)21(25)24-12-4-7-19(24)16-5-2-3-6-17(16)22/h2-3,5-6,8-11,13,19H,4,7,12H2,1H3/t19-/m1/s1. The van der Waals surface area contributed by atoms with Crippen LogP contribution in [0.3, 0.4) is 0 Å². The van der Waals surface area contributed by atoms with Crippen molar-refractivity contribution >= 4 is 17.5 Å². The van der Waals surface area contributed by atoms with Crippen LogP contribution >= 0.6 is 11.6 Å². The molecule has 6 heteroatoms. The van der Waals surface area contributed by atoms with Crippen LogP contribution in [0, 0.1) is 0 Å². The fourth-order valence-corrected chi connectivity index (χ4v) is 3.76. The van der Waals surface area contributed by atoms with Crippen molar-refractivity contribution in [2.24, 2.45) is 0 Å². The maximum Gasteiger partial charge on any atom is 0.292 e. The molecule has 1 aliphatic rings. The lowest BCUT2D eigenvalue weighted by molar-refractivity contribution is 0.0693. The largest absolute Gasteiger partial charge is 0.497 e. The summed E-state index contributed by atoms with van der Waals surface area (Å²) in [7, 11) is 1.62. The van der Waals surface area contributed by atoms with E-state index in [1.807, 2.05) is 53.4 Å². The summed E-state index contributed by atoms with van der Waals surface area (Å²) >= 11 is 6.35. The van der Waals surface area contributed by atoms with E-state index in [-0.39, 0.29) is 17.7 Å². The van der Waals surface area contributed by atoms with Crippen molar-refractivity contribution in [1.82, 2.24) is 10.1 Å². The molecule has 27 heavy (non-hydrogen) atoms. The molecule has 0 saturated carbocycles. The van der Waals surface area contributed by atoms with Gasteiger partial charge in [0.25, 0.3) is 5.91 Å². The lowest BCUT2D eigenvalue weighted by Gasteiger charge is -2.24. The second-order valence-electron chi connectivity index (χ2n) is 6.48. The third-order valence-electron chi connectivity index (χ3n) is 4.88. The summed E-state index contributed by atoms with van der Waals surface area (Å²) in [6.07, 6.45) is 1.82. The Kier molecular flexibility index (Phi) is 4.86. The van der Waals surface area contributed by atoms with Crippen molar-refractivity contribution in [3.8, 4) is 17.0 Å². The Morgan fingerprint density at radius 3 is 2.74 bits per heavy atom. The van der Waals surface area contributed by atoms with E-state index < -0.39 is 0 Å². The summed E-state index contributed by atoms with van der Waals surface area (Å²) in [5, 5.41) is 4.74. The molecule has 4 rings (SSSR count). The maximum absolute atomic E-state index is 13.0. The number of carbonyl (C=O) groups is 1. The number of amides is 1. The van der Waals surface area contributed by atoms with Crippen molar-refractivity contribution in [3.05, 3.63) is 70.9 Å². The smallest absolute Gasteiger partial charge is 0.292 e. The number of likely N-dealkylation sites (tertiary alicyclic amines) is 1. The molecule has 1 amide bonds. The van der Waals surface area contributed by atoms with E-state index in [4.69, 9.17) is 20.9 Å². The summed E-state index contributed by atoms with van der Waals surface area (Å²) in [6, 6.07) is 16.8. The zero-order valence-corrected chi connectivity index (χ0v) is 15.6. The highest BCUT2D eigenvalue weighted by Crippen LogP contribution is 2.36. The van der Waals surface area contributed by atoms with E-state index in [9.17, 15) is 4.79 Å². The fourth-order valence-electron chi connectivity index (χ4n) is 3.49. The molecule has 1 aliphatic heterocycles. The molecule has 0 radical (unpaired) electrons. The number of methoxy groups -OCH3 is 1. The summed E-state index contributed by atoms with van der Waals surface area (Å²) in [5.74, 6) is 0.836. The molecule has 3 aromatic rings. The predicted molar refractivity (Wildman–Crippen MR) is 103 cm³/mol. The van der Waals surface area contributed by atoms with Gasteiger partial charge in [0.2, 0.25) is 5.76 Å². The van der Waals surface area contributed by atoms with Gasteiger partial charge in [-0.25, -0.2) is 0 Å². The van der Waals surface area contributed by atoms with Crippen molar-refractivity contribution < 1.29 is 14.1 Å². The van der Waals surface area contributed by atoms with Gasteiger partial charge in [0.15, 0.2) is 0 Å². The lowest BCUT2D eigenvalue weighted by Crippen LogP contribution is -2.30. The van der Waals surface area contributed by atoms with E-state index in [1.54, 1.807) is 13.2 Å². The number of carbonyl (C=O) groups excluding carboxylic acids is 1. The first-order valence-electron chi connectivity index (χ1n) is 8.84. The van der Waals surface area contributed by atoms with Gasteiger partial charge in [-0.15, -0.1) is 0 Å². The van der Waals surface area contributed by atoms with E-state index >= 15 is 0 Å². The van der Waals surface area contributed by atoms with Crippen LogP contribution in [0.2, 0.25) is 5.02 Å². The summed E-state index contributed by atoms with van der Waals surface area (Å²) in [5.41, 5.74) is 2.46. The summed E-state index contributed by atoms with van der Waals surface area (Å²) < 4.78 is 10.5. The number of aromatic nitrogens is 1. The minimum Gasteiger partial charge on any atom is -0.497 e. The minimum atomic E-state index is -0.162. The van der Waals surface area contributed by atoms with Crippen molar-refractivity contribution in [2.45, 2.75) is 18.9 Å². The average molecular weight is 383 g/mol. The number of hydrogen-bond donors (Lipinski definition) is 0. The second kappa shape index (κ2) is 7.45. The Balaban J connectivity index is 1.57. The third kappa shape index (κ3) is 3.43. The van der Waals surface area contributed by atoms with E-state index in [0.717, 1.165) is 29.7 Å². The third-order valence-corrected chi connectivity index (χ3v) is 5.23. The van der Waals surface area contributed by atoms with Crippen LogP contribution in [0.4, 0.5) is 0 Å². The molecule has 0 N–H and O–H groups in total. The van der Waals surface area contributed by atoms with Gasteiger partial charge in [0.1, 0.15) is 11.4 Å². The van der Waals surface area contributed by atoms with Crippen LogP contribution in [0.15, 0.2) is 59.1 Å². The molecule has 2 aromatic carbocycles. The molecular weight excluding hydrogens is 364 g/mol. The molecule has 0 spiro atoms. The summed E-state index contributed by atoms with van der Waals surface area (Å²) in [6.45, 7) is 0.674. The number of nitrogens with zero attached hydrogens (tertiary/aromatic N) is 2. The van der Waals surface area contributed by atoms with Gasteiger partial charge >= 0.3 is 0 Å². The van der Waals surface area contributed by atoms with E-state index in [0.29, 0.717) is 17.3 Å². The molecule has 0 unspecified atom stereocenters. The van der Waals surface area contributed by atoms with Gasteiger partial charge < -0.3 is 14.2 Å². The van der Waals surface area contributed by atoms with Crippen LogP contribution in [-0.4, -0.2) is 29.6 Å². The highest BCUT2D eigenvalue weighted by atomic mass is 35.5. The van der Waals surface area contributed by atoms with Gasteiger partial charge in [-0.3, -0.25) is 4.79 Å². The van der Waals surface area contributed by atoms with Crippen LogP contribution in [-0.2, 0) is 0 Å². The quantitative estimate of drug-likeness (QED) is 0.638. The molecule has 1 atom stereocenters. The first-order valence-corrected chi connectivity index (χ1v) is 9.21. The summed E-state index contributed by atoms with van der Waals surface area (Å²) in [4.78, 5) is 14.8. The maximum atomic E-state index is 13.0. The van der Waals surface area contributed by atoms with Crippen molar-refractivity contribution in [3.63, 3.8) is 0 Å². The number of ether oxygens (including phenoxy) is 1. The Bertz CT molecular complexity index is 952. The van der Waals surface area contributed by atoms with Crippen LogP contribution in [0.5, 0.6) is 5.75 Å². The Hall–Kier alpha value is -2.79. The van der Waals surface area contributed by atoms with Gasteiger partial charge in [-0.2, -0.15) is 0 Å². The molecule has 1 fully saturated rings. The van der Waals surface area contributed by atoms with E-state index in [1.165, 1.54) is 0 Å². The Morgan fingerprint density at radius 2 is 2.00 bits per heavy atom. The highest BCUT2D eigenvalue weighted by Gasteiger charge is 2.33. The van der Waals surface area contributed by atoms with Crippen molar-refractivity contribution in [2.75, 3.05) is 13.7 Å². The molecule has 2 heterocycles. The van der Waals surface area contributed by atoms with Gasteiger partial charge in [0, 0.05) is 23.2 Å². The topological polar surface area (TPSA) is 55.6 Å². The predicted octanol–water partition coefficient (Wildman–Crippen LogP) is 4.98. The first kappa shape index (κ1) is 17.6. The van der Waals surface area contributed by atoms with E-state index in [2.05, 4.69) is 5.16 Å². The van der Waals surface area contributed by atoms with Gasteiger partial charge in [0.05, 0.1) is 13.2 Å². The number of rotatable bonds is 4. The Morgan fingerprint density at radius 1 is 1.22 bits per heavy atom. The average Bonchev–Trinajstić information content (AvgIpc) is 3.38. The van der Waals surface area contributed by atoms with Crippen molar-refractivity contribution in [1.29, 1.82) is 0 Å². The monoisotopic (exact) mass is 382 g/mol. The molecular formula is C21H19ClN2O3. The molecule has 138 valence electrons. The van der Waals surface area contributed by atoms with Gasteiger partial charge in [-0.1, -0.05) is 35.0 Å². The molecule has 1 aromatic heterocycles. The molecule has 1 saturated heterocycles. The molecule has 5 nitrogen and oxygen atoms in total. The normalized spacial score (nSPS) is 16.5. The molecule has 0 aliphatic carbocycles. The number of halogens is 1. The lowest BCUT2D eigenvalue weighted by atomic mass is 10.0. The number of benzene rings is 2. The second-order valence-corrected chi connectivity index (χ2v) is 6.89.